The SMILES string of the molecule is COc1cc(C#N)nc(C(F)F)c1N. The molecule has 2 N–H and O–H groups in total. The Balaban J connectivity index is 3.36. The third kappa shape index (κ3) is 1.71. The van der Waals surface area contributed by atoms with Gasteiger partial charge in [-0.3, -0.25) is 0 Å². The summed E-state index contributed by atoms with van der Waals surface area (Å²) in [5, 5.41) is 8.50. The topological polar surface area (TPSA) is 71.9 Å². The van der Waals surface area contributed by atoms with E-state index in [-0.39, 0.29) is 17.1 Å². The van der Waals surface area contributed by atoms with Gasteiger partial charge in [0.2, 0.25) is 0 Å². The molecule has 14 heavy (non-hydrogen) atoms. The summed E-state index contributed by atoms with van der Waals surface area (Å²) in [6, 6.07) is 2.85. The first-order valence-corrected chi connectivity index (χ1v) is 3.62. The Morgan fingerprint density at radius 2 is 2.29 bits per heavy atom. The zero-order chi connectivity index (χ0) is 10.7. The van der Waals surface area contributed by atoms with E-state index in [0.29, 0.717) is 0 Å². The molecule has 1 rings (SSSR count). The molecule has 0 bridgehead atoms. The lowest BCUT2D eigenvalue weighted by molar-refractivity contribution is 0.146. The first kappa shape index (κ1) is 10.2. The predicted molar refractivity (Wildman–Crippen MR) is 44.9 cm³/mol. The largest absolute Gasteiger partial charge is 0.494 e. The second kappa shape index (κ2) is 3.87. The highest BCUT2D eigenvalue weighted by atomic mass is 19.3. The number of anilines is 1. The van der Waals surface area contributed by atoms with E-state index in [1.807, 2.05) is 0 Å². The Hall–Kier alpha value is -1.90. The second-order valence-corrected chi connectivity index (χ2v) is 2.42. The Bertz CT molecular complexity index is 387. The number of methoxy groups -OCH3 is 1. The third-order valence-electron chi connectivity index (χ3n) is 1.59. The van der Waals surface area contributed by atoms with Gasteiger partial charge in [-0.1, -0.05) is 0 Å². The van der Waals surface area contributed by atoms with Crippen molar-refractivity contribution in [3.05, 3.63) is 17.5 Å². The van der Waals surface area contributed by atoms with E-state index in [1.165, 1.54) is 13.2 Å². The predicted octanol–water partition coefficient (Wildman–Crippen LogP) is 1.48. The molecule has 4 nitrogen and oxygen atoms in total. The molecule has 0 unspecified atom stereocenters. The number of nitrogen functional groups attached to an aromatic ring is 1. The first-order valence-electron chi connectivity index (χ1n) is 3.62. The number of rotatable bonds is 2. The van der Waals surface area contributed by atoms with Crippen LogP contribution in [0.2, 0.25) is 0 Å². The van der Waals surface area contributed by atoms with Gasteiger partial charge in [0, 0.05) is 6.07 Å². The molecule has 0 saturated heterocycles. The molecule has 1 aromatic heterocycles. The first-order chi connectivity index (χ1) is 6.60. The smallest absolute Gasteiger partial charge is 0.282 e. The molecule has 0 fully saturated rings. The van der Waals surface area contributed by atoms with Gasteiger partial charge in [-0.25, -0.2) is 13.8 Å². The fourth-order valence-corrected chi connectivity index (χ4v) is 0.943. The number of nitrogens with two attached hydrogens (primary N) is 1. The summed E-state index contributed by atoms with van der Waals surface area (Å²) >= 11 is 0. The van der Waals surface area contributed by atoms with Crippen LogP contribution in [0.25, 0.3) is 0 Å². The van der Waals surface area contributed by atoms with Crippen molar-refractivity contribution in [1.82, 2.24) is 4.98 Å². The summed E-state index contributed by atoms with van der Waals surface area (Å²) in [6.07, 6.45) is -2.82. The number of hydrogen-bond donors (Lipinski definition) is 1. The van der Waals surface area contributed by atoms with Crippen molar-refractivity contribution in [1.29, 1.82) is 5.26 Å². The normalized spacial score (nSPS) is 9.93. The minimum atomic E-state index is -2.82. The van der Waals surface area contributed by atoms with Crippen LogP contribution in [0, 0.1) is 11.3 Å². The molecule has 0 spiro atoms. The van der Waals surface area contributed by atoms with Crippen LogP contribution in [0.3, 0.4) is 0 Å². The Morgan fingerprint density at radius 1 is 1.64 bits per heavy atom. The molecule has 0 saturated carbocycles. The maximum Gasteiger partial charge on any atom is 0.282 e. The minimum absolute atomic E-state index is 0.0341. The fraction of sp³-hybridized carbons (Fsp3) is 0.250. The van der Waals surface area contributed by atoms with Crippen molar-refractivity contribution in [3.63, 3.8) is 0 Å². The van der Waals surface area contributed by atoms with Crippen LogP contribution >= 0.6 is 0 Å². The molecular formula is C8H7F2N3O. The average molecular weight is 199 g/mol. The van der Waals surface area contributed by atoms with Crippen molar-refractivity contribution in [2.45, 2.75) is 6.43 Å². The van der Waals surface area contributed by atoms with Gasteiger partial charge in [0.1, 0.15) is 28.9 Å². The Labute approximate surface area is 78.9 Å². The molecule has 1 aromatic rings. The molecule has 0 amide bonds. The van der Waals surface area contributed by atoms with Crippen molar-refractivity contribution in [3.8, 4) is 11.8 Å². The lowest BCUT2D eigenvalue weighted by Gasteiger charge is -2.08. The third-order valence-corrected chi connectivity index (χ3v) is 1.59. The van der Waals surface area contributed by atoms with E-state index in [1.54, 1.807) is 6.07 Å². The highest BCUT2D eigenvalue weighted by Gasteiger charge is 2.18. The van der Waals surface area contributed by atoms with Gasteiger partial charge in [-0.05, 0) is 0 Å². The van der Waals surface area contributed by atoms with Crippen LogP contribution in [-0.2, 0) is 0 Å². The highest BCUT2D eigenvalue weighted by Crippen LogP contribution is 2.31. The van der Waals surface area contributed by atoms with Gasteiger partial charge in [-0.15, -0.1) is 0 Å². The van der Waals surface area contributed by atoms with Crippen molar-refractivity contribution in [2.24, 2.45) is 0 Å². The summed E-state index contributed by atoms with van der Waals surface area (Å²) in [5.74, 6) is 0.0341. The zero-order valence-corrected chi connectivity index (χ0v) is 7.29. The Morgan fingerprint density at radius 3 is 2.71 bits per heavy atom. The van der Waals surface area contributed by atoms with E-state index in [2.05, 4.69) is 4.98 Å². The molecule has 1 heterocycles. The van der Waals surface area contributed by atoms with Gasteiger partial charge in [0.15, 0.2) is 0 Å². The molecule has 0 aliphatic heterocycles. The summed E-state index contributed by atoms with van der Waals surface area (Å²) < 4.78 is 29.4. The number of alkyl halides is 2. The highest BCUT2D eigenvalue weighted by molar-refractivity contribution is 5.58. The average Bonchev–Trinajstić information content (AvgIpc) is 2.17. The van der Waals surface area contributed by atoms with E-state index in [4.69, 9.17) is 15.7 Å². The summed E-state index contributed by atoms with van der Waals surface area (Å²) in [4.78, 5) is 3.38. The van der Waals surface area contributed by atoms with Crippen molar-refractivity contribution >= 4 is 5.69 Å². The van der Waals surface area contributed by atoms with Crippen LogP contribution in [0.5, 0.6) is 5.75 Å². The van der Waals surface area contributed by atoms with Gasteiger partial charge < -0.3 is 10.5 Å². The van der Waals surface area contributed by atoms with Gasteiger partial charge in [-0.2, -0.15) is 5.26 Å². The van der Waals surface area contributed by atoms with E-state index < -0.39 is 12.1 Å². The van der Waals surface area contributed by atoms with Crippen LogP contribution in [0.1, 0.15) is 17.8 Å². The van der Waals surface area contributed by atoms with Crippen LogP contribution in [0.15, 0.2) is 6.07 Å². The van der Waals surface area contributed by atoms with Gasteiger partial charge >= 0.3 is 0 Å². The summed E-state index contributed by atoms with van der Waals surface area (Å²) in [6.45, 7) is 0. The van der Waals surface area contributed by atoms with E-state index >= 15 is 0 Å². The fourth-order valence-electron chi connectivity index (χ4n) is 0.943. The van der Waals surface area contributed by atoms with E-state index in [0.717, 1.165) is 0 Å². The molecule has 0 atom stereocenters. The molecular weight excluding hydrogens is 192 g/mol. The number of hydrogen-bond acceptors (Lipinski definition) is 4. The van der Waals surface area contributed by atoms with Crippen LogP contribution < -0.4 is 10.5 Å². The molecule has 74 valence electrons. The number of pyridine rings is 1. The summed E-state index contributed by atoms with van der Waals surface area (Å²) in [7, 11) is 1.28. The number of halogens is 2. The number of aromatic nitrogens is 1. The minimum Gasteiger partial charge on any atom is -0.494 e. The quantitative estimate of drug-likeness (QED) is 0.782. The zero-order valence-electron chi connectivity index (χ0n) is 7.29. The van der Waals surface area contributed by atoms with Crippen LogP contribution in [0.4, 0.5) is 14.5 Å². The number of nitrogens with zero attached hydrogens (tertiary/aromatic N) is 2. The monoisotopic (exact) mass is 199 g/mol. The molecule has 0 aromatic carbocycles. The number of ether oxygens (including phenoxy) is 1. The van der Waals surface area contributed by atoms with Gasteiger partial charge in [0.05, 0.1) is 7.11 Å². The molecule has 0 aliphatic rings. The molecule has 0 radical (unpaired) electrons. The van der Waals surface area contributed by atoms with Crippen molar-refractivity contribution < 1.29 is 13.5 Å². The second-order valence-electron chi connectivity index (χ2n) is 2.42. The van der Waals surface area contributed by atoms with Crippen molar-refractivity contribution in [2.75, 3.05) is 12.8 Å². The number of nitriles is 1. The molecule has 0 aliphatic carbocycles. The molecule has 6 heteroatoms. The van der Waals surface area contributed by atoms with E-state index in [9.17, 15) is 8.78 Å². The van der Waals surface area contributed by atoms with Gasteiger partial charge in [0.25, 0.3) is 6.43 Å². The van der Waals surface area contributed by atoms with Crippen LogP contribution in [-0.4, -0.2) is 12.1 Å². The lowest BCUT2D eigenvalue weighted by atomic mass is 10.2. The maximum absolute atomic E-state index is 12.4. The Kier molecular flexibility index (Phi) is 2.82. The maximum atomic E-state index is 12.4. The summed E-state index contributed by atoms with van der Waals surface area (Å²) in [5.41, 5.74) is 4.34. The lowest BCUT2D eigenvalue weighted by Crippen LogP contribution is -2.03. The standard InChI is InChI=1S/C8H7F2N3O/c1-14-5-2-4(3-11)13-7(6(5)12)8(9)10/h2,8H,12H2,1H3.